The molecule has 8 heteroatoms. The van der Waals surface area contributed by atoms with Gasteiger partial charge in [-0.15, -0.1) is 11.3 Å². The van der Waals surface area contributed by atoms with E-state index in [-0.39, 0.29) is 17.1 Å². The van der Waals surface area contributed by atoms with Crippen LogP contribution in [0.5, 0.6) is 0 Å². The van der Waals surface area contributed by atoms with Crippen LogP contribution in [-0.2, 0) is 14.6 Å². The number of fused-ring (bicyclic) bond motifs is 1. The average molecular weight is 403 g/mol. The van der Waals surface area contributed by atoms with Crippen molar-refractivity contribution >= 4 is 48.1 Å². The van der Waals surface area contributed by atoms with Crippen molar-refractivity contribution in [3.63, 3.8) is 0 Å². The minimum absolute atomic E-state index is 0.0529. The molecule has 3 aromatic rings. The highest BCUT2D eigenvalue weighted by molar-refractivity contribution is 7.90. The number of rotatable bonds is 5. The van der Waals surface area contributed by atoms with E-state index in [1.165, 1.54) is 35.6 Å². The number of ether oxygens (including phenoxy) is 1. The monoisotopic (exact) mass is 403 g/mol. The summed E-state index contributed by atoms with van der Waals surface area (Å²) in [6, 6.07) is 13.0. The van der Waals surface area contributed by atoms with Crippen molar-refractivity contribution in [2.75, 3.05) is 18.2 Å². The first kappa shape index (κ1) is 19.1. The Bertz CT molecular complexity index is 1130. The maximum Gasteiger partial charge on any atom is 0.341 e. The van der Waals surface area contributed by atoms with Crippen molar-refractivity contribution in [2.45, 2.75) is 11.8 Å². The number of hydrogen-bond donors (Lipinski definition) is 1. The molecule has 0 fully saturated rings. The summed E-state index contributed by atoms with van der Waals surface area (Å²) in [5, 5.41) is 3.78. The molecule has 0 aliphatic heterocycles. The van der Waals surface area contributed by atoms with Crippen LogP contribution in [0.2, 0.25) is 0 Å². The van der Waals surface area contributed by atoms with Crippen LogP contribution in [0.25, 0.3) is 10.1 Å². The van der Waals surface area contributed by atoms with Crippen LogP contribution in [0.1, 0.15) is 27.6 Å². The lowest BCUT2D eigenvalue weighted by Gasteiger charge is -2.07. The van der Waals surface area contributed by atoms with E-state index in [9.17, 15) is 18.0 Å². The second-order valence-electron chi connectivity index (χ2n) is 5.78. The molecule has 6 nitrogen and oxygen atoms in total. The Balaban J connectivity index is 2.00. The summed E-state index contributed by atoms with van der Waals surface area (Å²) in [6.07, 6.45) is 1.08. The number of carbonyl (C=O) groups excluding carboxylic acids is 2. The molecule has 3 rings (SSSR count). The van der Waals surface area contributed by atoms with Crippen molar-refractivity contribution < 1.29 is 22.7 Å². The van der Waals surface area contributed by atoms with E-state index in [0.717, 1.165) is 11.0 Å². The van der Waals surface area contributed by atoms with Crippen molar-refractivity contribution in [1.29, 1.82) is 0 Å². The smallest absolute Gasteiger partial charge is 0.341 e. The van der Waals surface area contributed by atoms with E-state index in [4.69, 9.17) is 4.74 Å². The van der Waals surface area contributed by atoms with Gasteiger partial charge in [0.05, 0.1) is 11.5 Å². The summed E-state index contributed by atoms with van der Waals surface area (Å²) in [6.45, 7) is 1.92. The third-order valence-electron chi connectivity index (χ3n) is 3.83. The molecule has 0 atom stereocenters. The molecule has 0 bridgehead atoms. The van der Waals surface area contributed by atoms with E-state index in [1.54, 1.807) is 19.1 Å². The van der Waals surface area contributed by atoms with Gasteiger partial charge in [0.1, 0.15) is 10.6 Å². The van der Waals surface area contributed by atoms with Gasteiger partial charge in [0.15, 0.2) is 9.84 Å². The van der Waals surface area contributed by atoms with E-state index in [2.05, 4.69) is 5.32 Å². The van der Waals surface area contributed by atoms with E-state index in [1.807, 2.05) is 12.1 Å². The Morgan fingerprint density at radius 1 is 1.11 bits per heavy atom. The quantitative estimate of drug-likeness (QED) is 0.656. The number of amides is 1. The maximum absolute atomic E-state index is 12.7. The topological polar surface area (TPSA) is 89.5 Å². The largest absolute Gasteiger partial charge is 0.462 e. The predicted octanol–water partition coefficient (Wildman–Crippen LogP) is 3.73. The van der Waals surface area contributed by atoms with Gasteiger partial charge in [-0.1, -0.05) is 24.3 Å². The van der Waals surface area contributed by atoms with E-state index in [0.29, 0.717) is 16.0 Å². The third kappa shape index (κ3) is 4.01. The van der Waals surface area contributed by atoms with Crippen LogP contribution in [0.4, 0.5) is 5.00 Å². The molecule has 0 aliphatic rings. The molecule has 0 unspecified atom stereocenters. The zero-order valence-corrected chi connectivity index (χ0v) is 16.3. The maximum atomic E-state index is 12.7. The second-order valence-corrected chi connectivity index (χ2v) is 8.84. The average Bonchev–Trinajstić information content (AvgIpc) is 2.99. The number of anilines is 1. The molecule has 140 valence electrons. The lowest BCUT2D eigenvalue weighted by molar-refractivity contribution is 0.0530. The van der Waals surface area contributed by atoms with E-state index < -0.39 is 21.7 Å². The SMILES string of the molecule is CCOC(=O)c1c(NC(=O)c2cccc(S(C)(=O)=O)c2)sc2ccccc12. The lowest BCUT2D eigenvalue weighted by Crippen LogP contribution is -2.15. The first-order chi connectivity index (χ1) is 12.8. The number of benzene rings is 2. The van der Waals surface area contributed by atoms with Gasteiger partial charge < -0.3 is 10.1 Å². The molecule has 0 saturated heterocycles. The Morgan fingerprint density at radius 2 is 1.85 bits per heavy atom. The molecule has 0 spiro atoms. The fourth-order valence-electron chi connectivity index (χ4n) is 2.58. The number of esters is 1. The van der Waals surface area contributed by atoms with Gasteiger partial charge in [-0.25, -0.2) is 13.2 Å². The van der Waals surface area contributed by atoms with Gasteiger partial charge in [-0.3, -0.25) is 4.79 Å². The Kier molecular flexibility index (Phi) is 5.29. The summed E-state index contributed by atoms with van der Waals surface area (Å²) in [7, 11) is -3.43. The molecule has 0 saturated carbocycles. The van der Waals surface area contributed by atoms with E-state index >= 15 is 0 Å². The molecular weight excluding hydrogens is 386 g/mol. The number of sulfone groups is 1. The van der Waals surface area contributed by atoms with Crippen LogP contribution >= 0.6 is 11.3 Å². The number of hydrogen-bond acceptors (Lipinski definition) is 6. The number of carbonyl (C=O) groups is 2. The summed E-state index contributed by atoms with van der Waals surface area (Å²) in [5.41, 5.74) is 0.482. The molecule has 27 heavy (non-hydrogen) atoms. The van der Waals surface area contributed by atoms with Crippen LogP contribution in [-0.4, -0.2) is 33.2 Å². The first-order valence-electron chi connectivity index (χ1n) is 8.11. The Morgan fingerprint density at radius 3 is 2.56 bits per heavy atom. The summed E-state index contributed by atoms with van der Waals surface area (Å²) < 4.78 is 29.4. The first-order valence-corrected chi connectivity index (χ1v) is 10.8. The van der Waals surface area contributed by atoms with Crippen molar-refractivity contribution in [3.05, 3.63) is 59.7 Å². The minimum Gasteiger partial charge on any atom is -0.462 e. The van der Waals surface area contributed by atoms with Gasteiger partial charge >= 0.3 is 5.97 Å². The normalized spacial score (nSPS) is 11.3. The number of nitrogens with one attached hydrogen (secondary N) is 1. The lowest BCUT2D eigenvalue weighted by atomic mass is 10.1. The highest BCUT2D eigenvalue weighted by Crippen LogP contribution is 2.36. The highest BCUT2D eigenvalue weighted by atomic mass is 32.2. The van der Waals surface area contributed by atoms with Gasteiger partial charge in [0, 0.05) is 21.9 Å². The fourth-order valence-corrected chi connectivity index (χ4v) is 4.34. The molecule has 1 N–H and O–H groups in total. The standard InChI is InChI=1S/C19H17NO5S2/c1-3-25-19(22)16-14-9-4-5-10-15(14)26-18(16)20-17(21)12-7-6-8-13(11-12)27(2,23)24/h4-11H,3H2,1-2H3,(H,20,21). The van der Waals surface area contributed by atoms with Gasteiger partial charge in [0.25, 0.3) is 5.91 Å². The van der Waals surface area contributed by atoms with Gasteiger partial charge in [0.2, 0.25) is 0 Å². The summed E-state index contributed by atoms with van der Waals surface area (Å²) in [4.78, 5) is 25.1. The van der Waals surface area contributed by atoms with Crippen LogP contribution in [0.15, 0.2) is 53.4 Å². The van der Waals surface area contributed by atoms with Crippen molar-refractivity contribution in [3.8, 4) is 0 Å². The molecule has 0 aliphatic carbocycles. The third-order valence-corrected chi connectivity index (χ3v) is 6.02. The minimum atomic E-state index is -3.43. The zero-order chi connectivity index (χ0) is 19.6. The summed E-state index contributed by atoms with van der Waals surface area (Å²) >= 11 is 1.26. The highest BCUT2D eigenvalue weighted by Gasteiger charge is 2.22. The number of thiophene rings is 1. The summed E-state index contributed by atoms with van der Waals surface area (Å²) in [5.74, 6) is -1.02. The van der Waals surface area contributed by atoms with Crippen LogP contribution in [0, 0.1) is 0 Å². The second kappa shape index (κ2) is 7.50. The molecular formula is C19H17NO5S2. The van der Waals surface area contributed by atoms with Crippen LogP contribution in [0.3, 0.4) is 0 Å². The molecule has 1 heterocycles. The van der Waals surface area contributed by atoms with Crippen LogP contribution < -0.4 is 5.32 Å². The molecule has 1 amide bonds. The zero-order valence-electron chi connectivity index (χ0n) is 14.7. The fraction of sp³-hybridized carbons (Fsp3) is 0.158. The molecule has 2 aromatic carbocycles. The predicted molar refractivity (Wildman–Crippen MR) is 105 cm³/mol. The van der Waals surface area contributed by atoms with Crippen molar-refractivity contribution in [1.82, 2.24) is 0 Å². The molecule has 0 radical (unpaired) electrons. The molecule has 1 aromatic heterocycles. The van der Waals surface area contributed by atoms with Gasteiger partial charge in [-0.05, 0) is 31.2 Å². The Labute approximate surface area is 160 Å². The van der Waals surface area contributed by atoms with Gasteiger partial charge in [-0.2, -0.15) is 0 Å². The van der Waals surface area contributed by atoms with Crippen molar-refractivity contribution in [2.24, 2.45) is 0 Å². The Hall–Kier alpha value is -2.71.